The normalized spacial score (nSPS) is 10.3. The van der Waals surface area contributed by atoms with Crippen LogP contribution in [0.25, 0.3) is 0 Å². The summed E-state index contributed by atoms with van der Waals surface area (Å²) in [6.45, 7) is 0.130. The molecule has 0 bridgehead atoms. The second kappa shape index (κ2) is 9.29. The van der Waals surface area contributed by atoms with Crippen LogP contribution in [0.4, 0.5) is 5.69 Å². The Balaban J connectivity index is 1.54. The molecule has 0 radical (unpaired) electrons. The predicted octanol–water partition coefficient (Wildman–Crippen LogP) is 3.88. The van der Waals surface area contributed by atoms with Gasteiger partial charge in [0.1, 0.15) is 0 Å². The van der Waals surface area contributed by atoms with E-state index in [0.29, 0.717) is 17.1 Å². The number of nitrogens with zero attached hydrogens (tertiary/aromatic N) is 1. The maximum atomic E-state index is 12.3. The number of hydrogen-bond donors (Lipinski definition) is 1. The molecule has 0 saturated heterocycles. The van der Waals surface area contributed by atoms with Crippen molar-refractivity contribution in [2.75, 3.05) is 19.0 Å². The highest BCUT2D eigenvalue weighted by atomic mass is 32.1. The van der Waals surface area contributed by atoms with Gasteiger partial charge in [0.25, 0.3) is 11.8 Å². The summed E-state index contributed by atoms with van der Waals surface area (Å²) in [5, 5.41) is 6.49. The highest BCUT2D eigenvalue weighted by Gasteiger charge is 2.15. The summed E-state index contributed by atoms with van der Waals surface area (Å²) in [6.07, 6.45) is 0. The number of nitrogens with one attached hydrogen (secondary N) is 1. The number of thiophene rings is 2. The number of likely N-dealkylation sites (N-methyl/N-ethyl adjacent to an activating group) is 1. The molecule has 2 heterocycles. The van der Waals surface area contributed by atoms with Gasteiger partial charge < -0.3 is 15.0 Å². The number of ether oxygens (including phenoxy) is 1. The molecule has 144 valence electrons. The van der Waals surface area contributed by atoms with Gasteiger partial charge in [-0.25, -0.2) is 4.79 Å². The average molecular weight is 415 g/mol. The lowest BCUT2D eigenvalue weighted by molar-refractivity contribution is -0.133. The van der Waals surface area contributed by atoms with Crippen LogP contribution in [0, 0.1) is 0 Å². The first-order valence-electron chi connectivity index (χ1n) is 8.41. The molecule has 0 unspecified atom stereocenters. The van der Waals surface area contributed by atoms with Crippen molar-refractivity contribution >= 4 is 46.1 Å². The van der Waals surface area contributed by atoms with Gasteiger partial charge in [0, 0.05) is 17.6 Å². The van der Waals surface area contributed by atoms with E-state index in [1.165, 1.54) is 22.3 Å². The van der Waals surface area contributed by atoms with E-state index in [1.54, 1.807) is 48.7 Å². The molecule has 0 atom stereocenters. The van der Waals surface area contributed by atoms with Crippen LogP contribution in [0.1, 0.15) is 24.9 Å². The molecule has 2 amide bonds. The summed E-state index contributed by atoms with van der Waals surface area (Å²) in [7, 11) is 1.66. The van der Waals surface area contributed by atoms with E-state index in [-0.39, 0.29) is 24.0 Å². The molecule has 1 N–H and O–H groups in total. The molecule has 0 aliphatic rings. The fraction of sp³-hybridized carbons (Fsp3) is 0.150. The van der Waals surface area contributed by atoms with Crippen molar-refractivity contribution in [2.24, 2.45) is 0 Å². The van der Waals surface area contributed by atoms with E-state index in [1.807, 2.05) is 22.9 Å². The molecule has 3 aromatic rings. The third-order valence-electron chi connectivity index (χ3n) is 3.83. The van der Waals surface area contributed by atoms with Gasteiger partial charge in [-0.2, -0.15) is 0 Å². The van der Waals surface area contributed by atoms with Crippen molar-refractivity contribution in [3.63, 3.8) is 0 Å². The van der Waals surface area contributed by atoms with Crippen LogP contribution in [0.15, 0.2) is 59.3 Å². The Labute approximate surface area is 170 Å². The van der Waals surface area contributed by atoms with Crippen LogP contribution < -0.4 is 5.32 Å². The topological polar surface area (TPSA) is 75.7 Å². The smallest absolute Gasteiger partial charge is 0.338 e. The fourth-order valence-electron chi connectivity index (χ4n) is 2.37. The first-order valence-corrected chi connectivity index (χ1v) is 10.2. The summed E-state index contributed by atoms with van der Waals surface area (Å²) in [5.74, 6) is -1.15. The van der Waals surface area contributed by atoms with Crippen LogP contribution in [0.3, 0.4) is 0 Å². The number of benzene rings is 1. The third-order valence-corrected chi connectivity index (χ3v) is 5.56. The molecular formula is C20H18N2O4S2. The van der Waals surface area contributed by atoms with Crippen LogP contribution in [-0.2, 0) is 16.1 Å². The molecule has 0 aliphatic carbocycles. The largest absolute Gasteiger partial charge is 0.452 e. The predicted molar refractivity (Wildman–Crippen MR) is 110 cm³/mol. The molecule has 0 aliphatic heterocycles. The zero-order valence-electron chi connectivity index (χ0n) is 15.1. The van der Waals surface area contributed by atoms with Crippen molar-refractivity contribution in [3.8, 4) is 0 Å². The second-order valence-corrected chi connectivity index (χ2v) is 7.90. The number of anilines is 1. The minimum Gasteiger partial charge on any atom is -0.452 e. The molecular weight excluding hydrogens is 396 g/mol. The Kier molecular flexibility index (Phi) is 6.57. The van der Waals surface area contributed by atoms with Gasteiger partial charge in [-0.3, -0.25) is 9.59 Å². The van der Waals surface area contributed by atoms with Crippen LogP contribution in [-0.4, -0.2) is 36.3 Å². The van der Waals surface area contributed by atoms with Crippen LogP contribution in [0.2, 0.25) is 0 Å². The van der Waals surface area contributed by atoms with Gasteiger partial charge in [0.15, 0.2) is 6.61 Å². The first-order chi connectivity index (χ1) is 13.5. The zero-order chi connectivity index (χ0) is 19.9. The minimum absolute atomic E-state index is 0.245. The van der Waals surface area contributed by atoms with Gasteiger partial charge in [-0.1, -0.05) is 18.2 Å². The lowest BCUT2D eigenvalue weighted by Gasteiger charge is -2.16. The van der Waals surface area contributed by atoms with Crippen LogP contribution in [0.5, 0.6) is 0 Å². The Hall–Kier alpha value is -2.97. The Morgan fingerprint density at radius 3 is 2.54 bits per heavy atom. The summed E-state index contributed by atoms with van der Waals surface area (Å²) in [5.41, 5.74) is 0.742. The maximum Gasteiger partial charge on any atom is 0.338 e. The van der Waals surface area contributed by atoms with Crippen molar-refractivity contribution in [1.82, 2.24) is 4.90 Å². The molecule has 3 rings (SSSR count). The van der Waals surface area contributed by atoms with Gasteiger partial charge in [0.05, 0.1) is 17.0 Å². The van der Waals surface area contributed by atoms with Crippen LogP contribution >= 0.6 is 22.7 Å². The standard InChI is InChI=1S/C20H18N2O4S2/c1-22(12-16-7-3-9-27-16)18(23)13-26-20(25)14-5-2-6-15(11-14)21-19(24)17-8-4-10-28-17/h2-11H,12-13H2,1H3,(H,21,24). The SMILES string of the molecule is CN(Cc1cccs1)C(=O)COC(=O)c1cccc(NC(=O)c2cccs2)c1. The molecule has 1 aromatic carbocycles. The van der Waals surface area contributed by atoms with Gasteiger partial charge in [0.2, 0.25) is 0 Å². The number of carbonyl (C=O) groups is 3. The van der Waals surface area contributed by atoms with Crippen molar-refractivity contribution in [3.05, 3.63) is 74.6 Å². The fourth-order valence-corrected chi connectivity index (χ4v) is 3.75. The molecule has 0 fully saturated rings. The molecule has 0 spiro atoms. The van der Waals surface area contributed by atoms with E-state index in [4.69, 9.17) is 4.74 Å². The van der Waals surface area contributed by atoms with Gasteiger partial charge >= 0.3 is 5.97 Å². The Morgan fingerprint density at radius 1 is 1.04 bits per heavy atom. The van der Waals surface area contributed by atoms with E-state index >= 15 is 0 Å². The summed E-state index contributed by atoms with van der Waals surface area (Å²) in [4.78, 5) is 39.6. The van der Waals surface area contributed by atoms with E-state index in [9.17, 15) is 14.4 Å². The molecule has 0 saturated carbocycles. The second-order valence-electron chi connectivity index (χ2n) is 5.92. The third kappa shape index (κ3) is 5.28. The summed E-state index contributed by atoms with van der Waals surface area (Å²) in [6, 6.07) is 13.8. The first kappa shape index (κ1) is 19.8. The van der Waals surface area contributed by atoms with E-state index in [2.05, 4.69) is 5.32 Å². The summed E-state index contributed by atoms with van der Waals surface area (Å²) >= 11 is 2.89. The van der Waals surface area contributed by atoms with E-state index in [0.717, 1.165) is 4.88 Å². The zero-order valence-corrected chi connectivity index (χ0v) is 16.7. The number of carbonyl (C=O) groups excluding carboxylic acids is 3. The van der Waals surface area contributed by atoms with Crippen molar-refractivity contribution in [2.45, 2.75) is 6.54 Å². The summed E-state index contributed by atoms with van der Waals surface area (Å²) < 4.78 is 5.13. The quantitative estimate of drug-likeness (QED) is 0.596. The molecule has 2 aromatic heterocycles. The minimum atomic E-state index is -0.620. The maximum absolute atomic E-state index is 12.3. The highest BCUT2D eigenvalue weighted by Crippen LogP contribution is 2.16. The Bertz CT molecular complexity index is 953. The average Bonchev–Trinajstić information content (AvgIpc) is 3.40. The van der Waals surface area contributed by atoms with Crippen molar-refractivity contribution in [1.29, 1.82) is 0 Å². The monoisotopic (exact) mass is 414 g/mol. The number of hydrogen-bond acceptors (Lipinski definition) is 6. The molecule has 28 heavy (non-hydrogen) atoms. The van der Waals surface area contributed by atoms with E-state index < -0.39 is 5.97 Å². The lowest BCUT2D eigenvalue weighted by Crippen LogP contribution is -2.30. The lowest BCUT2D eigenvalue weighted by atomic mass is 10.2. The molecule has 6 nitrogen and oxygen atoms in total. The van der Waals surface area contributed by atoms with Gasteiger partial charge in [-0.05, 0) is 41.1 Å². The number of rotatable bonds is 7. The highest BCUT2D eigenvalue weighted by molar-refractivity contribution is 7.12. The number of amides is 2. The van der Waals surface area contributed by atoms with Crippen molar-refractivity contribution < 1.29 is 19.1 Å². The Morgan fingerprint density at radius 2 is 1.82 bits per heavy atom. The number of esters is 1. The molecule has 8 heteroatoms. The van der Waals surface area contributed by atoms with Gasteiger partial charge in [-0.15, -0.1) is 22.7 Å².